The largest absolute Gasteiger partial charge is 0.299 e. The molecule has 0 aliphatic carbocycles. The van der Waals surface area contributed by atoms with Crippen LogP contribution >= 0.6 is 11.3 Å². The summed E-state index contributed by atoms with van der Waals surface area (Å²) in [5, 5.41) is 12.6. The summed E-state index contributed by atoms with van der Waals surface area (Å²) in [5.41, 5.74) is 1.49. The third-order valence-corrected chi connectivity index (χ3v) is 3.45. The highest BCUT2D eigenvalue weighted by molar-refractivity contribution is 7.09. The second-order valence-corrected chi connectivity index (χ2v) is 4.69. The third kappa shape index (κ3) is 1.94. The molecule has 0 radical (unpaired) electrons. The number of nitriles is 1. The molecular formula is C10H13N3S. The van der Waals surface area contributed by atoms with Crippen LogP contribution in [0.4, 0.5) is 0 Å². The van der Waals surface area contributed by atoms with Gasteiger partial charge >= 0.3 is 0 Å². The van der Waals surface area contributed by atoms with Gasteiger partial charge < -0.3 is 0 Å². The van der Waals surface area contributed by atoms with Gasteiger partial charge in [0.2, 0.25) is 0 Å². The van der Waals surface area contributed by atoms with Gasteiger partial charge in [-0.1, -0.05) is 0 Å². The Morgan fingerprint density at radius 1 is 1.64 bits per heavy atom. The Hall–Kier alpha value is -0.920. The molecule has 0 bridgehead atoms. The summed E-state index contributed by atoms with van der Waals surface area (Å²) >= 11 is 1.63. The van der Waals surface area contributed by atoms with Crippen LogP contribution in [0.15, 0.2) is 11.7 Å². The molecule has 1 fully saturated rings. The molecule has 0 aromatic carbocycles. The number of hydrogen-bond donors (Lipinski definition) is 1. The van der Waals surface area contributed by atoms with Gasteiger partial charge in [0, 0.05) is 17.5 Å². The van der Waals surface area contributed by atoms with Gasteiger partial charge in [-0.05, 0) is 25.8 Å². The van der Waals surface area contributed by atoms with Gasteiger partial charge in [0.25, 0.3) is 0 Å². The van der Waals surface area contributed by atoms with E-state index in [0.29, 0.717) is 0 Å². The first-order valence-electron chi connectivity index (χ1n) is 4.88. The van der Waals surface area contributed by atoms with Crippen molar-refractivity contribution in [2.45, 2.75) is 31.2 Å². The smallest absolute Gasteiger partial charge is 0.111 e. The Morgan fingerprint density at radius 3 is 3.14 bits per heavy atom. The monoisotopic (exact) mass is 207 g/mol. The van der Waals surface area contributed by atoms with Crippen molar-refractivity contribution in [2.24, 2.45) is 0 Å². The molecule has 1 aliphatic rings. The van der Waals surface area contributed by atoms with E-state index in [-0.39, 0.29) is 5.54 Å². The first kappa shape index (κ1) is 9.63. The van der Waals surface area contributed by atoms with Crippen molar-refractivity contribution in [3.8, 4) is 6.07 Å². The van der Waals surface area contributed by atoms with Gasteiger partial charge in [-0.2, -0.15) is 5.26 Å². The Kier molecular flexibility index (Phi) is 2.80. The number of rotatable bonds is 2. The maximum atomic E-state index is 9.21. The number of nitrogens with zero attached hydrogens (tertiary/aromatic N) is 2. The van der Waals surface area contributed by atoms with Gasteiger partial charge in [-0.15, -0.1) is 11.3 Å². The van der Waals surface area contributed by atoms with Crippen LogP contribution in [0.2, 0.25) is 0 Å². The number of nitrogens with one attached hydrogen (secondary N) is 1. The topological polar surface area (TPSA) is 48.7 Å². The fourth-order valence-corrected chi connectivity index (χ4v) is 2.59. The number of aromatic nitrogens is 1. The summed E-state index contributed by atoms with van der Waals surface area (Å²) in [7, 11) is 0. The fraction of sp³-hybridized carbons (Fsp3) is 0.600. The van der Waals surface area contributed by atoms with Gasteiger partial charge in [0.15, 0.2) is 0 Å². The maximum absolute atomic E-state index is 9.21. The van der Waals surface area contributed by atoms with Gasteiger partial charge in [0.1, 0.15) is 5.54 Å². The van der Waals surface area contributed by atoms with E-state index in [1.807, 2.05) is 11.7 Å². The van der Waals surface area contributed by atoms with Crippen molar-refractivity contribution < 1.29 is 0 Å². The lowest BCUT2D eigenvalue weighted by Gasteiger charge is -2.31. The van der Waals surface area contributed by atoms with Crippen molar-refractivity contribution in [1.82, 2.24) is 10.3 Å². The summed E-state index contributed by atoms with van der Waals surface area (Å²) < 4.78 is 0. The summed E-state index contributed by atoms with van der Waals surface area (Å²) in [5.74, 6) is 0. The quantitative estimate of drug-likeness (QED) is 0.803. The Morgan fingerprint density at radius 2 is 2.57 bits per heavy atom. The van der Waals surface area contributed by atoms with Crippen molar-refractivity contribution >= 4 is 11.3 Å². The second kappa shape index (κ2) is 4.07. The highest BCUT2D eigenvalue weighted by Gasteiger charge is 2.32. The highest BCUT2D eigenvalue weighted by Crippen LogP contribution is 2.24. The lowest BCUT2D eigenvalue weighted by atomic mass is 9.87. The Balaban J connectivity index is 2.09. The molecule has 0 amide bonds. The van der Waals surface area contributed by atoms with E-state index in [0.717, 1.165) is 25.8 Å². The molecule has 4 heteroatoms. The first-order valence-corrected chi connectivity index (χ1v) is 5.76. The molecule has 2 heterocycles. The van der Waals surface area contributed by atoms with Gasteiger partial charge in [-0.25, -0.2) is 0 Å². The van der Waals surface area contributed by atoms with Crippen molar-refractivity contribution in [3.63, 3.8) is 0 Å². The zero-order valence-corrected chi connectivity index (χ0v) is 8.81. The summed E-state index contributed by atoms with van der Waals surface area (Å²) in [4.78, 5) is 5.23. The van der Waals surface area contributed by atoms with Crippen LogP contribution in [-0.2, 0) is 6.42 Å². The minimum atomic E-state index is -0.329. The van der Waals surface area contributed by atoms with E-state index in [1.54, 1.807) is 11.3 Å². The summed E-state index contributed by atoms with van der Waals surface area (Å²) in [6.45, 7) is 0.965. The zero-order valence-electron chi connectivity index (χ0n) is 7.99. The third-order valence-electron chi connectivity index (χ3n) is 2.67. The molecule has 1 atom stereocenters. The molecule has 2 rings (SSSR count). The summed E-state index contributed by atoms with van der Waals surface area (Å²) in [6.07, 6.45) is 5.96. The lowest BCUT2D eigenvalue weighted by molar-refractivity contribution is 0.323. The molecule has 14 heavy (non-hydrogen) atoms. The second-order valence-electron chi connectivity index (χ2n) is 3.72. The van der Waals surface area contributed by atoms with E-state index < -0.39 is 0 Å². The van der Waals surface area contributed by atoms with Crippen LogP contribution < -0.4 is 5.32 Å². The Bertz CT molecular complexity index is 320. The van der Waals surface area contributed by atoms with E-state index in [9.17, 15) is 5.26 Å². The molecule has 0 saturated carbocycles. The molecular weight excluding hydrogens is 194 g/mol. The molecule has 1 aliphatic heterocycles. The van der Waals surface area contributed by atoms with Gasteiger partial charge in [0.05, 0.1) is 11.6 Å². The molecule has 1 saturated heterocycles. The van der Waals surface area contributed by atoms with Crippen LogP contribution in [0.3, 0.4) is 0 Å². The minimum Gasteiger partial charge on any atom is -0.299 e. The lowest BCUT2D eigenvalue weighted by Crippen LogP contribution is -2.48. The number of thiazole rings is 1. The van der Waals surface area contributed by atoms with E-state index in [4.69, 9.17) is 0 Å². The molecule has 1 N–H and O–H groups in total. The van der Waals surface area contributed by atoms with Crippen LogP contribution in [0, 0.1) is 11.3 Å². The van der Waals surface area contributed by atoms with Crippen molar-refractivity contribution in [3.05, 3.63) is 16.6 Å². The van der Waals surface area contributed by atoms with Crippen LogP contribution in [0.5, 0.6) is 0 Å². The normalized spacial score (nSPS) is 27.1. The molecule has 1 unspecified atom stereocenters. The SMILES string of the molecule is N#CC1(Cc2cncs2)CCCCN1. The van der Waals surface area contributed by atoms with E-state index in [2.05, 4.69) is 16.4 Å². The molecule has 1 aromatic heterocycles. The van der Waals surface area contributed by atoms with Gasteiger partial charge in [-0.3, -0.25) is 10.3 Å². The number of piperidine rings is 1. The minimum absolute atomic E-state index is 0.329. The average Bonchev–Trinajstić information content (AvgIpc) is 2.72. The number of hydrogen-bond acceptors (Lipinski definition) is 4. The average molecular weight is 207 g/mol. The van der Waals surface area contributed by atoms with Crippen molar-refractivity contribution in [2.75, 3.05) is 6.54 Å². The first-order chi connectivity index (χ1) is 6.85. The standard InChI is InChI=1S/C10H13N3S/c11-7-10(3-1-2-4-13-10)5-9-6-12-8-14-9/h6,8,13H,1-5H2. The predicted octanol–water partition coefficient (Wildman–Crippen LogP) is 1.72. The zero-order chi connectivity index (χ0) is 9.86. The maximum Gasteiger partial charge on any atom is 0.111 e. The van der Waals surface area contributed by atoms with Crippen LogP contribution in [-0.4, -0.2) is 17.1 Å². The van der Waals surface area contributed by atoms with Crippen LogP contribution in [0.25, 0.3) is 0 Å². The van der Waals surface area contributed by atoms with Crippen LogP contribution in [0.1, 0.15) is 24.1 Å². The van der Waals surface area contributed by atoms with Crippen molar-refractivity contribution in [1.29, 1.82) is 5.26 Å². The molecule has 74 valence electrons. The summed E-state index contributed by atoms with van der Waals surface area (Å²) in [6, 6.07) is 2.42. The molecule has 0 spiro atoms. The van der Waals surface area contributed by atoms with E-state index >= 15 is 0 Å². The molecule has 3 nitrogen and oxygen atoms in total. The Labute approximate surface area is 87.8 Å². The van der Waals surface area contributed by atoms with E-state index in [1.165, 1.54) is 11.3 Å². The highest BCUT2D eigenvalue weighted by atomic mass is 32.1. The molecule has 1 aromatic rings. The predicted molar refractivity (Wildman–Crippen MR) is 56.0 cm³/mol. The fourth-order valence-electron chi connectivity index (χ4n) is 1.88.